The number of allylic oxidation sites excluding steroid dienone is 2. The first-order valence-corrected chi connectivity index (χ1v) is 7.43. The largest absolute Gasteiger partial charge is 0.478 e. The average molecular weight is 298 g/mol. The van der Waals surface area contributed by atoms with Crippen LogP contribution in [0.3, 0.4) is 0 Å². The molecule has 0 aliphatic rings. The van der Waals surface area contributed by atoms with Crippen molar-refractivity contribution in [2.24, 2.45) is 0 Å². The Morgan fingerprint density at radius 2 is 2.09 bits per heavy atom. The second-order valence-corrected chi connectivity index (χ2v) is 5.01. The van der Waals surface area contributed by atoms with Gasteiger partial charge in [0.1, 0.15) is 0 Å². The Morgan fingerprint density at radius 3 is 2.77 bits per heavy atom. The zero-order valence-electron chi connectivity index (χ0n) is 13.0. The van der Waals surface area contributed by atoms with Crippen LogP contribution in [0.25, 0.3) is 17.7 Å². The number of aliphatic hydroxyl groups is 1. The van der Waals surface area contributed by atoms with Gasteiger partial charge in [0.05, 0.1) is 6.61 Å². The van der Waals surface area contributed by atoms with Gasteiger partial charge < -0.3 is 14.8 Å². The van der Waals surface area contributed by atoms with Crippen molar-refractivity contribution in [3.05, 3.63) is 53.5 Å². The van der Waals surface area contributed by atoms with Crippen molar-refractivity contribution in [2.45, 2.75) is 20.3 Å². The summed E-state index contributed by atoms with van der Waals surface area (Å²) in [5.74, 6) is 0.584. The summed E-state index contributed by atoms with van der Waals surface area (Å²) in [7, 11) is 0. The summed E-state index contributed by atoms with van der Waals surface area (Å²) in [6.07, 6.45) is 8.55. The van der Waals surface area contributed by atoms with Crippen LogP contribution in [0, 0.1) is 0 Å². The van der Waals surface area contributed by atoms with Crippen LogP contribution in [0.15, 0.2) is 36.5 Å². The molecule has 0 unspecified atom stereocenters. The second-order valence-electron chi connectivity index (χ2n) is 5.01. The smallest absolute Gasteiger partial charge is 0.213 e. The maximum atomic E-state index is 8.72. The van der Waals surface area contributed by atoms with Crippen LogP contribution >= 0.6 is 0 Å². The van der Waals surface area contributed by atoms with E-state index in [9.17, 15) is 0 Å². The lowest BCUT2D eigenvalue weighted by Gasteiger charge is -2.05. The van der Waals surface area contributed by atoms with E-state index in [0.29, 0.717) is 18.9 Å². The molecule has 0 aliphatic heterocycles. The lowest BCUT2D eigenvalue weighted by atomic mass is 10.1. The predicted octanol–water partition coefficient (Wildman–Crippen LogP) is 3.76. The Hall–Kier alpha value is -2.33. The minimum Gasteiger partial charge on any atom is -0.478 e. The summed E-state index contributed by atoms with van der Waals surface area (Å²) >= 11 is 0. The van der Waals surface area contributed by atoms with Crippen molar-refractivity contribution < 1.29 is 9.84 Å². The summed E-state index contributed by atoms with van der Waals surface area (Å²) in [5, 5.41) is 8.72. The highest BCUT2D eigenvalue weighted by Gasteiger charge is 2.00. The summed E-state index contributed by atoms with van der Waals surface area (Å²) in [6, 6.07) is 7.95. The monoisotopic (exact) mass is 298 g/mol. The van der Waals surface area contributed by atoms with E-state index in [1.807, 2.05) is 31.2 Å². The lowest BCUT2D eigenvalue weighted by molar-refractivity contribution is 0.229. The van der Waals surface area contributed by atoms with E-state index in [1.165, 1.54) is 0 Å². The fourth-order valence-corrected chi connectivity index (χ4v) is 2.05. The fourth-order valence-electron chi connectivity index (χ4n) is 2.05. The van der Waals surface area contributed by atoms with Crippen LogP contribution in [-0.2, 0) is 0 Å². The number of ether oxygens (including phenoxy) is 1. The molecule has 0 amide bonds. The third-order valence-corrected chi connectivity index (χ3v) is 3.19. The van der Waals surface area contributed by atoms with Crippen LogP contribution in [0.4, 0.5) is 0 Å². The SMILES string of the molecule is C/C=C\c1ccc(/C=C(\C)c2ccc(OCCCO)nc2)[nH]1. The molecule has 2 N–H and O–H groups in total. The van der Waals surface area contributed by atoms with E-state index in [1.54, 1.807) is 6.20 Å². The molecule has 0 fully saturated rings. The van der Waals surface area contributed by atoms with E-state index in [2.05, 4.69) is 35.1 Å². The van der Waals surface area contributed by atoms with Crippen LogP contribution in [0.1, 0.15) is 37.2 Å². The number of pyridine rings is 1. The number of nitrogens with zero attached hydrogens (tertiary/aromatic N) is 1. The molecule has 4 heteroatoms. The molecule has 0 radical (unpaired) electrons. The molecule has 0 bridgehead atoms. The van der Waals surface area contributed by atoms with E-state index < -0.39 is 0 Å². The van der Waals surface area contributed by atoms with Crippen molar-refractivity contribution >= 4 is 17.7 Å². The number of aliphatic hydroxyl groups excluding tert-OH is 1. The third kappa shape index (κ3) is 4.60. The third-order valence-electron chi connectivity index (χ3n) is 3.19. The highest BCUT2D eigenvalue weighted by Crippen LogP contribution is 2.19. The summed E-state index contributed by atoms with van der Waals surface area (Å²) < 4.78 is 5.43. The number of H-pyrrole nitrogens is 1. The Bertz CT molecular complexity index is 639. The van der Waals surface area contributed by atoms with Crippen molar-refractivity contribution in [1.82, 2.24) is 9.97 Å². The summed E-state index contributed by atoms with van der Waals surface area (Å²) in [4.78, 5) is 7.61. The molecule has 2 aromatic rings. The molecule has 0 atom stereocenters. The van der Waals surface area contributed by atoms with Gasteiger partial charge in [-0.1, -0.05) is 6.08 Å². The number of rotatable bonds is 7. The Kier molecular flexibility index (Phi) is 5.98. The van der Waals surface area contributed by atoms with Gasteiger partial charge in [0, 0.05) is 36.7 Å². The normalized spacial score (nSPS) is 12.0. The first kappa shape index (κ1) is 16.0. The van der Waals surface area contributed by atoms with E-state index in [-0.39, 0.29) is 6.61 Å². The Morgan fingerprint density at radius 1 is 1.27 bits per heavy atom. The Labute approximate surface area is 131 Å². The van der Waals surface area contributed by atoms with Crippen LogP contribution in [-0.4, -0.2) is 28.3 Å². The average Bonchev–Trinajstić information content (AvgIpc) is 2.96. The zero-order valence-corrected chi connectivity index (χ0v) is 13.0. The van der Waals surface area contributed by atoms with Gasteiger partial charge in [-0.2, -0.15) is 0 Å². The number of hydrogen-bond acceptors (Lipinski definition) is 3. The summed E-state index contributed by atoms with van der Waals surface area (Å²) in [5.41, 5.74) is 4.33. The van der Waals surface area contributed by atoms with Crippen molar-refractivity contribution in [3.63, 3.8) is 0 Å². The fraction of sp³-hybridized carbons (Fsp3) is 0.278. The van der Waals surface area contributed by atoms with Crippen LogP contribution in [0.2, 0.25) is 0 Å². The molecule has 22 heavy (non-hydrogen) atoms. The number of aromatic amines is 1. The molecule has 0 spiro atoms. The molecule has 0 aliphatic carbocycles. The molecule has 2 aromatic heterocycles. The first-order valence-electron chi connectivity index (χ1n) is 7.43. The molecule has 0 aromatic carbocycles. The molecule has 116 valence electrons. The lowest BCUT2D eigenvalue weighted by Crippen LogP contribution is -2.01. The van der Waals surface area contributed by atoms with E-state index >= 15 is 0 Å². The molecule has 2 rings (SSSR count). The van der Waals surface area contributed by atoms with Crippen molar-refractivity contribution in [1.29, 1.82) is 0 Å². The van der Waals surface area contributed by atoms with Gasteiger partial charge in [0.15, 0.2) is 0 Å². The van der Waals surface area contributed by atoms with Crippen molar-refractivity contribution in [3.8, 4) is 5.88 Å². The van der Waals surface area contributed by atoms with Crippen LogP contribution in [0.5, 0.6) is 5.88 Å². The highest BCUT2D eigenvalue weighted by molar-refractivity contribution is 5.79. The predicted molar refractivity (Wildman–Crippen MR) is 90.5 cm³/mol. The van der Waals surface area contributed by atoms with Crippen LogP contribution < -0.4 is 4.74 Å². The molecular weight excluding hydrogens is 276 g/mol. The zero-order chi connectivity index (χ0) is 15.8. The Balaban J connectivity index is 2.04. The maximum absolute atomic E-state index is 8.72. The second kappa shape index (κ2) is 8.20. The van der Waals surface area contributed by atoms with Crippen molar-refractivity contribution in [2.75, 3.05) is 13.2 Å². The summed E-state index contributed by atoms with van der Waals surface area (Å²) in [6.45, 7) is 4.66. The highest BCUT2D eigenvalue weighted by atomic mass is 16.5. The number of aromatic nitrogens is 2. The quantitative estimate of drug-likeness (QED) is 0.765. The molecular formula is C18H22N2O2. The minimum absolute atomic E-state index is 0.130. The van der Waals surface area contributed by atoms with E-state index in [0.717, 1.165) is 22.5 Å². The first-order chi connectivity index (χ1) is 10.7. The minimum atomic E-state index is 0.130. The molecule has 0 saturated carbocycles. The van der Waals surface area contributed by atoms with Gasteiger partial charge in [-0.15, -0.1) is 0 Å². The van der Waals surface area contributed by atoms with Gasteiger partial charge in [0.2, 0.25) is 5.88 Å². The number of nitrogens with one attached hydrogen (secondary N) is 1. The number of hydrogen-bond donors (Lipinski definition) is 2. The molecule has 4 nitrogen and oxygen atoms in total. The van der Waals surface area contributed by atoms with Gasteiger partial charge >= 0.3 is 0 Å². The molecule has 0 saturated heterocycles. The van der Waals surface area contributed by atoms with Gasteiger partial charge in [-0.3, -0.25) is 0 Å². The van der Waals surface area contributed by atoms with E-state index in [4.69, 9.17) is 9.84 Å². The maximum Gasteiger partial charge on any atom is 0.213 e. The standard InChI is InChI=1S/C18H22N2O2/c1-3-5-16-7-8-17(20-16)12-14(2)15-6-9-18(19-13-15)22-11-4-10-21/h3,5-9,12-13,20-21H,4,10-11H2,1-2H3/b5-3-,14-12+. The molecule has 2 heterocycles. The van der Waals surface area contributed by atoms with Gasteiger partial charge in [-0.25, -0.2) is 4.98 Å². The van der Waals surface area contributed by atoms with Gasteiger partial charge in [-0.05, 0) is 55.3 Å². The topological polar surface area (TPSA) is 58.1 Å². The van der Waals surface area contributed by atoms with Gasteiger partial charge in [0.25, 0.3) is 0 Å².